The van der Waals surface area contributed by atoms with Crippen molar-refractivity contribution in [2.24, 2.45) is 0 Å². The zero-order valence-electron chi connectivity index (χ0n) is 10.7. The lowest BCUT2D eigenvalue weighted by molar-refractivity contribution is 0.601. The Labute approximate surface area is 134 Å². The van der Waals surface area contributed by atoms with Crippen molar-refractivity contribution in [3.63, 3.8) is 0 Å². The molecule has 3 rings (SSSR count). The molecule has 0 fully saturated rings. The molecule has 108 valence electrons. The molecule has 0 radical (unpaired) electrons. The summed E-state index contributed by atoms with van der Waals surface area (Å²) in [6, 6.07) is 12.0. The maximum Gasteiger partial charge on any atom is 0.263 e. The van der Waals surface area contributed by atoms with Crippen LogP contribution in [0.5, 0.6) is 0 Å². The van der Waals surface area contributed by atoms with Crippen LogP contribution in [0.15, 0.2) is 57.2 Å². The smallest absolute Gasteiger partial charge is 0.263 e. The minimum atomic E-state index is -3.66. The van der Waals surface area contributed by atoms with E-state index in [1.807, 2.05) is 23.6 Å². The summed E-state index contributed by atoms with van der Waals surface area (Å²) in [5.41, 5.74) is 6.66. The molecule has 7 heteroatoms. The van der Waals surface area contributed by atoms with Gasteiger partial charge in [0.1, 0.15) is 4.90 Å². The normalized spacial score (nSPS) is 11.7. The van der Waals surface area contributed by atoms with Gasteiger partial charge in [-0.1, -0.05) is 0 Å². The van der Waals surface area contributed by atoms with Crippen LogP contribution >= 0.6 is 27.3 Å². The monoisotopic (exact) mass is 382 g/mol. The molecule has 0 spiro atoms. The Balaban J connectivity index is 1.98. The standard InChI is InChI=1S/C14H11BrN2O2S2/c15-12-8-10(16)1-4-14(12)21(18,19)17-11-2-3-13-9(7-11)5-6-20-13/h1-8,17H,16H2. The Bertz CT molecular complexity index is 920. The van der Waals surface area contributed by atoms with Gasteiger partial charge in [-0.05, 0) is 69.2 Å². The Hall–Kier alpha value is -1.57. The van der Waals surface area contributed by atoms with Gasteiger partial charge in [0.15, 0.2) is 0 Å². The zero-order chi connectivity index (χ0) is 15.0. The van der Waals surface area contributed by atoms with Gasteiger partial charge < -0.3 is 5.73 Å². The average Bonchev–Trinajstić information content (AvgIpc) is 2.85. The molecule has 0 amide bonds. The van der Waals surface area contributed by atoms with Crippen LogP contribution in [0.25, 0.3) is 10.1 Å². The van der Waals surface area contributed by atoms with Gasteiger partial charge in [0.05, 0.1) is 0 Å². The van der Waals surface area contributed by atoms with E-state index in [0.717, 1.165) is 10.1 Å². The maximum absolute atomic E-state index is 12.4. The van der Waals surface area contributed by atoms with E-state index in [2.05, 4.69) is 20.7 Å². The van der Waals surface area contributed by atoms with Crippen LogP contribution < -0.4 is 10.5 Å². The summed E-state index contributed by atoms with van der Waals surface area (Å²) in [6.07, 6.45) is 0. The average molecular weight is 383 g/mol. The number of nitrogens with one attached hydrogen (secondary N) is 1. The SMILES string of the molecule is Nc1ccc(S(=O)(=O)Nc2ccc3sccc3c2)c(Br)c1. The number of thiophene rings is 1. The van der Waals surface area contributed by atoms with Crippen LogP contribution in [0.4, 0.5) is 11.4 Å². The summed E-state index contributed by atoms with van der Waals surface area (Å²) in [5.74, 6) is 0. The molecule has 21 heavy (non-hydrogen) atoms. The van der Waals surface area contributed by atoms with Crippen LogP contribution in [0.1, 0.15) is 0 Å². The topological polar surface area (TPSA) is 72.2 Å². The molecule has 1 heterocycles. The van der Waals surface area contributed by atoms with Crippen molar-refractivity contribution in [3.05, 3.63) is 52.3 Å². The predicted octanol–water partition coefficient (Wildman–Crippen LogP) is 4.05. The zero-order valence-corrected chi connectivity index (χ0v) is 13.9. The second-order valence-electron chi connectivity index (χ2n) is 4.47. The number of sulfonamides is 1. The van der Waals surface area contributed by atoms with Gasteiger partial charge in [-0.15, -0.1) is 11.3 Å². The summed E-state index contributed by atoms with van der Waals surface area (Å²) in [7, 11) is -3.66. The molecular weight excluding hydrogens is 372 g/mol. The van der Waals surface area contributed by atoms with E-state index >= 15 is 0 Å². The van der Waals surface area contributed by atoms with E-state index in [4.69, 9.17) is 5.73 Å². The number of rotatable bonds is 3. The van der Waals surface area contributed by atoms with Gasteiger partial charge in [0.25, 0.3) is 10.0 Å². The summed E-state index contributed by atoms with van der Waals surface area (Å²) >= 11 is 4.85. The van der Waals surface area contributed by atoms with Crippen molar-refractivity contribution in [1.29, 1.82) is 0 Å². The molecule has 0 atom stereocenters. The Morgan fingerprint density at radius 2 is 1.90 bits per heavy atom. The van der Waals surface area contributed by atoms with Gasteiger partial charge in [-0.25, -0.2) is 8.42 Å². The van der Waals surface area contributed by atoms with Crippen LogP contribution in [-0.4, -0.2) is 8.42 Å². The minimum Gasteiger partial charge on any atom is -0.399 e. The van der Waals surface area contributed by atoms with Crippen LogP contribution in [0, 0.1) is 0 Å². The molecule has 0 bridgehead atoms. The van der Waals surface area contributed by atoms with E-state index in [9.17, 15) is 8.42 Å². The summed E-state index contributed by atoms with van der Waals surface area (Å²) in [5, 5.41) is 2.98. The number of nitrogens with two attached hydrogens (primary N) is 1. The van der Waals surface area contributed by atoms with Gasteiger partial charge in [0.2, 0.25) is 0 Å². The lowest BCUT2D eigenvalue weighted by Crippen LogP contribution is -2.13. The third-order valence-corrected chi connectivity index (χ3v) is 6.21. The molecular formula is C14H11BrN2O2S2. The highest BCUT2D eigenvalue weighted by molar-refractivity contribution is 9.10. The quantitative estimate of drug-likeness (QED) is 0.671. The van der Waals surface area contributed by atoms with Crippen molar-refractivity contribution in [2.45, 2.75) is 4.90 Å². The van der Waals surface area contributed by atoms with Gasteiger partial charge in [0, 0.05) is 20.5 Å². The molecule has 3 N–H and O–H groups in total. The maximum atomic E-state index is 12.4. The molecule has 0 unspecified atom stereocenters. The van der Waals surface area contributed by atoms with Gasteiger partial charge in [-0.3, -0.25) is 4.72 Å². The molecule has 0 aliphatic carbocycles. The van der Waals surface area contributed by atoms with E-state index in [-0.39, 0.29) is 4.90 Å². The number of hydrogen-bond acceptors (Lipinski definition) is 4. The Morgan fingerprint density at radius 3 is 2.67 bits per heavy atom. The highest BCUT2D eigenvalue weighted by Crippen LogP contribution is 2.28. The van der Waals surface area contributed by atoms with Crippen molar-refractivity contribution in [2.75, 3.05) is 10.5 Å². The van der Waals surface area contributed by atoms with Crippen LogP contribution in [-0.2, 0) is 10.0 Å². The first-order valence-electron chi connectivity index (χ1n) is 6.01. The molecule has 2 aromatic carbocycles. The molecule has 1 aromatic heterocycles. The molecule has 4 nitrogen and oxygen atoms in total. The van der Waals surface area contributed by atoms with E-state index in [0.29, 0.717) is 15.8 Å². The van der Waals surface area contributed by atoms with Crippen molar-refractivity contribution >= 4 is 58.8 Å². The third-order valence-electron chi connectivity index (χ3n) is 2.95. The number of fused-ring (bicyclic) bond motifs is 1. The fraction of sp³-hybridized carbons (Fsp3) is 0. The number of nitrogen functional groups attached to an aromatic ring is 1. The summed E-state index contributed by atoms with van der Waals surface area (Å²) < 4.78 is 29.0. The van der Waals surface area contributed by atoms with Crippen molar-refractivity contribution in [1.82, 2.24) is 0 Å². The van der Waals surface area contributed by atoms with Gasteiger partial charge in [-0.2, -0.15) is 0 Å². The Kier molecular flexibility index (Phi) is 3.64. The predicted molar refractivity (Wildman–Crippen MR) is 91.2 cm³/mol. The highest BCUT2D eigenvalue weighted by atomic mass is 79.9. The molecule has 0 aliphatic heterocycles. The summed E-state index contributed by atoms with van der Waals surface area (Å²) in [4.78, 5) is 0.155. The van der Waals surface area contributed by atoms with E-state index in [1.54, 1.807) is 29.5 Å². The van der Waals surface area contributed by atoms with Crippen molar-refractivity contribution in [3.8, 4) is 0 Å². The minimum absolute atomic E-state index is 0.155. The number of anilines is 2. The van der Waals surface area contributed by atoms with Crippen molar-refractivity contribution < 1.29 is 8.42 Å². The largest absolute Gasteiger partial charge is 0.399 e. The number of benzene rings is 2. The van der Waals surface area contributed by atoms with Gasteiger partial charge >= 0.3 is 0 Å². The second-order valence-corrected chi connectivity index (χ2v) is 7.92. The third kappa shape index (κ3) is 2.90. The Morgan fingerprint density at radius 1 is 1.10 bits per heavy atom. The molecule has 0 saturated heterocycles. The fourth-order valence-electron chi connectivity index (χ4n) is 1.98. The van der Waals surface area contributed by atoms with Crippen LogP contribution in [0.3, 0.4) is 0 Å². The van der Waals surface area contributed by atoms with E-state index < -0.39 is 10.0 Å². The number of hydrogen-bond donors (Lipinski definition) is 2. The molecule has 3 aromatic rings. The first-order valence-corrected chi connectivity index (χ1v) is 9.16. The molecule has 0 aliphatic rings. The number of halogens is 1. The first kappa shape index (κ1) is 14.4. The second kappa shape index (κ2) is 5.32. The lowest BCUT2D eigenvalue weighted by Gasteiger charge is -2.10. The van der Waals surface area contributed by atoms with Crippen LogP contribution in [0.2, 0.25) is 0 Å². The highest BCUT2D eigenvalue weighted by Gasteiger charge is 2.18. The van der Waals surface area contributed by atoms with E-state index in [1.165, 1.54) is 6.07 Å². The lowest BCUT2D eigenvalue weighted by atomic mass is 10.2. The summed E-state index contributed by atoms with van der Waals surface area (Å²) in [6.45, 7) is 0. The molecule has 0 saturated carbocycles. The fourth-order valence-corrected chi connectivity index (χ4v) is 4.89. The first-order chi connectivity index (χ1) is 9.95.